The number of aromatic nitrogens is 2. The highest BCUT2D eigenvalue weighted by molar-refractivity contribution is 6.37. The van der Waals surface area contributed by atoms with Crippen LogP contribution in [0.3, 0.4) is 0 Å². The van der Waals surface area contributed by atoms with Gasteiger partial charge in [-0.15, -0.1) is 0 Å². The smallest absolute Gasteiger partial charge is 0.358 e. The van der Waals surface area contributed by atoms with Gasteiger partial charge in [0.25, 0.3) is 0 Å². The van der Waals surface area contributed by atoms with Crippen molar-refractivity contribution in [2.45, 2.75) is 19.8 Å². The quantitative estimate of drug-likeness (QED) is 0.612. The molecule has 0 amide bonds. The summed E-state index contributed by atoms with van der Waals surface area (Å²) < 4.78 is 10.5. The van der Waals surface area contributed by atoms with Gasteiger partial charge in [-0.25, -0.2) is 4.79 Å². The summed E-state index contributed by atoms with van der Waals surface area (Å²) in [6, 6.07) is 6.77. The number of halogens is 2. The molecule has 7 heteroatoms. The Kier molecular flexibility index (Phi) is 6.10. The summed E-state index contributed by atoms with van der Waals surface area (Å²) in [6.07, 6.45) is 1.82. The zero-order valence-corrected chi connectivity index (χ0v) is 13.6. The second kappa shape index (κ2) is 8.06. The Balaban J connectivity index is 1.79. The summed E-state index contributed by atoms with van der Waals surface area (Å²) >= 11 is 11.9. The number of ether oxygens (including phenoxy) is 2. The van der Waals surface area contributed by atoms with Crippen LogP contribution in [0.1, 0.15) is 29.5 Å². The topological polar surface area (TPSA) is 64.2 Å². The summed E-state index contributed by atoms with van der Waals surface area (Å²) in [6.45, 7) is 2.29. The lowest BCUT2D eigenvalue weighted by Crippen LogP contribution is -2.13. The third kappa shape index (κ3) is 4.39. The molecular formula is C15H16Cl2N2O3. The van der Waals surface area contributed by atoms with Crippen molar-refractivity contribution in [1.82, 2.24) is 10.2 Å². The molecule has 1 N–H and O–H groups in total. The SMILES string of the molecule is CCCc1cc(C(=O)OCCOc2c(Cl)cccc2Cl)n[nH]1. The Morgan fingerprint density at radius 2 is 2.00 bits per heavy atom. The van der Waals surface area contributed by atoms with E-state index in [2.05, 4.69) is 17.1 Å². The first kappa shape index (κ1) is 16.6. The summed E-state index contributed by atoms with van der Waals surface area (Å²) in [5.74, 6) is -0.112. The maximum absolute atomic E-state index is 11.8. The number of nitrogens with one attached hydrogen (secondary N) is 1. The van der Waals surface area contributed by atoms with Crippen LogP contribution < -0.4 is 4.74 Å². The van der Waals surface area contributed by atoms with E-state index in [1.165, 1.54) is 0 Å². The number of aromatic amines is 1. The molecule has 0 atom stereocenters. The first-order valence-corrected chi connectivity index (χ1v) is 7.65. The van der Waals surface area contributed by atoms with E-state index in [1.54, 1.807) is 24.3 Å². The minimum atomic E-state index is -0.493. The highest BCUT2D eigenvalue weighted by atomic mass is 35.5. The van der Waals surface area contributed by atoms with Crippen molar-refractivity contribution in [2.75, 3.05) is 13.2 Å². The molecule has 0 unspecified atom stereocenters. The van der Waals surface area contributed by atoms with E-state index in [-0.39, 0.29) is 18.9 Å². The van der Waals surface area contributed by atoms with Gasteiger partial charge in [-0.2, -0.15) is 5.10 Å². The number of rotatable bonds is 7. The van der Waals surface area contributed by atoms with Crippen LogP contribution in [0.4, 0.5) is 0 Å². The van der Waals surface area contributed by atoms with Crippen molar-refractivity contribution in [3.8, 4) is 5.75 Å². The first-order valence-electron chi connectivity index (χ1n) is 6.90. The average Bonchev–Trinajstić information content (AvgIpc) is 2.95. The number of carbonyl (C=O) groups excluding carboxylic acids is 1. The molecule has 0 aliphatic carbocycles. The number of H-pyrrole nitrogens is 1. The molecule has 0 fully saturated rings. The van der Waals surface area contributed by atoms with E-state index in [0.717, 1.165) is 18.5 Å². The van der Waals surface area contributed by atoms with Crippen LogP contribution in [0.15, 0.2) is 24.3 Å². The van der Waals surface area contributed by atoms with Crippen LogP contribution in [0.2, 0.25) is 10.0 Å². The maximum Gasteiger partial charge on any atom is 0.358 e. The number of nitrogens with zero attached hydrogens (tertiary/aromatic N) is 1. The Hall–Kier alpha value is -1.72. The van der Waals surface area contributed by atoms with Crippen LogP contribution in [0, 0.1) is 0 Å². The number of benzene rings is 1. The number of hydrogen-bond acceptors (Lipinski definition) is 4. The van der Waals surface area contributed by atoms with Crippen molar-refractivity contribution < 1.29 is 14.3 Å². The van der Waals surface area contributed by atoms with Crippen molar-refractivity contribution in [3.63, 3.8) is 0 Å². The normalized spacial score (nSPS) is 10.5. The van der Waals surface area contributed by atoms with Crippen LogP contribution >= 0.6 is 23.2 Å². The van der Waals surface area contributed by atoms with Gasteiger partial charge in [-0.1, -0.05) is 42.6 Å². The molecule has 0 bridgehead atoms. The molecule has 0 aliphatic heterocycles. The molecule has 22 heavy (non-hydrogen) atoms. The lowest BCUT2D eigenvalue weighted by Gasteiger charge is -2.09. The second-order valence-electron chi connectivity index (χ2n) is 4.56. The van der Waals surface area contributed by atoms with Gasteiger partial charge in [-0.05, 0) is 24.6 Å². The minimum absolute atomic E-state index is 0.0797. The third-order valence-corrected chi connectivity index (χ3v) is 3.44. The molecule has 0 saturated heterocycles. The summed E-state index contributed by atoms with van der Waals surface area (Å²) in [4.78, 5) is 11.8. The van der Waals surface area contributed by atoms with Gasteiger partial charge in [-0.3, -0.25) is 5.10 Å². The average molecular weight is 343 g/mol. The molecule has 1 aromatic heterocycles. The van der Waals surface area contributed by atoms with E-state index >= 15 is 0 Å². The molecule has 0 radical (unpaired) electrons. The Morgan fingerprint density at radius 3 is 2.68 bits per heavy atom. The maximum atomic E-state index is 11.8. The molecule has 0 spiro atoms. The lowest BCUT2D eigenvalue weighted by molar-refractivity contribution is 0.0444. The Bertz CT molecular complexity index is 623. The van der Waals surface area contributed by atoms with E-state index in [4.69, 9.17) is 32.7 Å². The molecule has 1 aromatic carbocycles. The second-order valence-corrected chi connectivity index (χ2v) is 5.38. The van der Waals surface area contributed by atoms with E-state index in [1.807, 2.05) is 0 Å². The monoisotopic (exact) mass is 342 g/mol. The van der Waals surface area contributed by atoms with Gasteiger partial charge in [0.2, 0.25) is 0 Å². The molecule has 2 aromatic rings. The predicted octanol–water partition coefficient (Wildman–Crippen LogP) is 3.90. The van der Waals surface area contributed by atoms with E-state index in [9.17, 15) is 4.79 Å². The van der Waals surface area contributed by atoms with E-state index in [0.29, 0.717) is 15.8 Å². The fraction of sp³-hybridized carbons (Fsp3) is 0.333. The van der Waals surface area contributed by atoms with Crippen LogP contribution in [-0.4, -0.2) is 29.4 Å². The number of hydrogen-bond donors (Lipinski definition) is 1. The standard InChI is InChI=1S/C15H16Cl2N2O3/c1-2-4-10-9-13(19-18-10)15(20)22-8-7-21-14-11(16)5-3-6-12(14)17/h3,5-6,9H,2,4,7-8H2,1H3,(H,18,19). The molecular weight excluding hydrogens is 327 g/mol. The van der Waals surface area contributed by atoms with Gasteiger partial charge in [0.1, 0.15) is 13.2 Å². The predicted molar refractivity (Wildman–Crippen MR) is 84.8 cm³/mol. The van der Waals surface area contributed by atoms with Gasteiger partial charge >= 0.3 is 5.97 Å². The molecule has 0 aliphatic rings. The van der Waals surface area contributed by atoms with E-state index < -0.39 is 5.97 Å². The highest BCUT2D eigenvalue weighted by Crippen LogP contribution is 2.32. The van der Waals surface area contributed by atoms with Gasteiger partial charge in [0, 0.05) is 5.69 Å². The van der Waals surface area contributed by atoms with Gasteiger partial charge in [0.15, 0.2) is 11.4 Å². The Labute approximate surface area is 138 Å². The van der Waals surface area contributed by atoms with Gasteiger partial charge < -0.3 is 9.47 Å². The number of aryl methyl sites for hydroxylation is 1. The van der Waals surface area contributed by atoms with Crippen molar-refractivity contribution in [3.05, 3.63) is 45.7 Å². The number of esters is 1. The minimum Gasteiger partial charge on any atom is -0.487 e. The largest absolute Gasteiger partial charge is 0.487 e. The van der Waals surface area contributed by atoms with Gasteiger partial charge in [0.05, 0.1) is 10.0 Å². The molecule has 2 rings (SSSR count). The third-order valence-electron chi connectivity index (χ3n) is 2.84. The van der Waals surface area contributed by atoms with Crippen molar-refractivity contribution >= 4 is 29.2 Å². The van der Waals surface area contributed by atoms with Crippen LogP contribution in [0.25, 0.3) is 0 Å². The first-order chi connectivity index (χ1) is 10.6. The molecule has 0 saturated carbocycles. The zero-order valence-electron chi connectivity index (χ0n) is 12.1. The highest BCUT2D eigenvalue weighted by Gasteiger charge is 2.12. The molecule has 5 nitrogen and oxygen atoms in total. The molecule has 1 heterocycles. The number of para-hydroxylation sites is 1. The van der Waals surface area contributed by atoms with Crippen molar-refractivity contribution in [2.24, 2.45) is 0 Å². The van der Waals surface area contributed by atoms with Crippen LogP contribution in [-0.2, 0) is 11.2 Å². The fourth-order valence-corrected chi connectivity index (χ4v) is 2.34. The zero-order chi connectivity index (χ0) is 15.9. The summed E-state index contributed by atoms with van der Waals surface area (Å²) in [7, 11) is 0. The summed E-state index contributed by atoms with van der Waals surface area (Å²) in [5.41, 5.74) is 1.17. The summed E-state index contributed by atoms with van der Waals surface area (Å²) in [5, 5.41) is 7.54. The van der Waals surface area contributed by atoms with Crippen LogP contribution in [0.5, 0.6) is 5.75 Å². The lowest BCUT2D eigenvalue weighted by atomic mass is 10.2. The fourth-order valence-electron chi connectivity index (χ4n) is 1.84. The Morgan fingerprint density at radius 1 is 1.27 bits per heavy atom. The molecule has 118 valence electrons. The van der Waals surface area contributed by atoms with Crippen molar-refractivity contribution in [1.29, 1.82) is 0 Å². The number of carbonyl (C=O) groups is 1.